The van der Waals surface area contributed by atoms with Gasteiger partial charge >= 0.3 is 0 Å². The molecule has 0 aromatic carbocycles. The van der Waals surface area contributed by atoms with Gasteiger partial charge in [0, 0.05) is 39.0 Å². The number of nitrogens with zero attached hydrogens (tertiary/aromatic N) is 5. The first-order valence-corrected chi connectivity index (χ1v) is 8.54. The zero-order chi connectivity index (χ0) is 18.5. The van der Waals surface area contributed by atoms with Crippen molar-refractivity contribution >= 4 is 11.7 Å². The van der Waals surface area contributed by atoms with Crippen molar-refractivity contribution in [1.29, 1.82) is 0 Å². The first-order valence-electron chi connectivity index (χ1n) is 8.54. The minimum absolute atomic E-state index is 0.0532. The van der Waals surface area contributed by atoms with Gasteiger partial charge in [0.25, 0.3) is 5.91 Å². The minimum Gasteiger partial charge on any atom is -0.481 e. The molecule has 0 bridgehead atoms. The van der Waals surface area contributed by atoms with Gasteiger partial charge in [-0.2, -0.15) is 0 Å². The molecule has 2 aromatic rings. The van der Waals surface area contributed by atoms with Gasteiger partial charge in [-0.1, -0.05) is 0 Å². The average Bonchev–Trinajstić information content (AvgIpc) is 2.68. The number of rotatable bonds is 5. The molecule has 0 radical (unpaired) electrons. The van der Waals surface area contributed by atoms with Crippen molar-refractivity contribution in [2.24, 2.45) is 0 Å². The van der Waals surface area contributed by atoms with Crippen LogP contribution in [0.1, 0.15) is 23.2 Å². The van der Waals surface area contributed by atoms with Crippen LogP contribution in [0.2, 0.25) is 0 Å². The molecular formula is C18H23N5O3. The van der Waals surface area contributed by atoms with E-state index in [1.165, 1.54) is 6.20 Å². The fraction of sp³-hybridized carbons (Fsp3) is 0.444. The molecule has 3 rings (SSSR count). The number of piperidine rings is 1. The number of amides is 1. The number of carbonyl (C=O) groups is 1. The van der Waals surface area contributed by atoms with Crippen LogP contribution in [0.15, 0.2) is 30.5 Å². The van der Waals surface area contributed by atoms with Crippen molar-refractivity contribution in [1.82, 2.24) is 20.1 Å². The number of likely N-dealkylation sites (tertiary alicyclic amines) is 1. The van der Waals surface area contributed by atoms with Gasteiger partial charge in [0.15, 0.2) is 5.82 Å². The highest BCUT2D eigenvalue weighted by molar-refractivity contribution is 5.94. The van der Waals surface area contributed by atoms with Gasteiger partial charge in [-0.05, 0) is 25.0 Å². The summed E-state index contributed by atoms with van der Waals surface area (Å²) in [6, 6.07) is 7.07. The number of hydrogen-bond acceptors (Lipinski definition) is 7. The molecule has 1 fully saturated rings. The third kappa shape index (κ3) is 4.19. The highest BCUT2D eigenvalue weighted by Crippen LogP contribution is 2.19. The highest BCUT2D eigenvalue weighted by atomic mass is 16.5. The molecule has 1 aliphatic heterocycles. The first kappa shape index (κ1) is 17.9. The van der Waals surface area contributed by atoms with E-state index in [0.29, 0.717) is 30.4 Å². The summed E-state index contributed by atoms with van der Waals surface area (Å²) >= 11 is 0. The average molecular weight is 357 g/mol. The van der Waals surface area contributed by atoms with E-state index in [2.05, 4.69) is 15.2 Å². The summed E-state index contributed by atoms with van der Waals surface area (Å²) < 4.78 is 11.0. The number of carbonyl (C=O) groups excluding carboxylic acids is 1. The molecule has 3 heterocycles. The van der Waals surface area contributed by atoms with E-state index in [1.54, 1.807) is 30.2 Å². The molecular weight excluding hydrogens is 334 g/mol. The second kappa shape index (κ2) is 7.99. The Balaban J connectivity index is 1.62. The lowest BCUT2D eigenvalue weighted by Gasteiger charge is -2.32. The van der Waals surface area contributed by atoms with Gasteiger partial charge in [0.1, 0.15) is 6.10 Å². The SMILES string of the molecule is COc1ccc(C(=O)N2CCCC(Oc3ccc(N(C)C)nn3)C2)cn1. The van der Waals surface area contributed by atoms with E-state index in [0.717, 1.165) is 18.7 Å². The Morgan fingerprint density at radius 1 is 1.19 bits per heavy atom. The van der Waals surface area contributed by atoms with Crippen molar-refractivity contribution in [2.75, 3.05) is 39.2 Å². The molecule has 2 aromatic heterocycles. The Hall–Kier alpha value is -2.90. The Kier molecular flexibility index (Phi) is 5.50. The summed E-state index contributed by atoms with van der Waals surface area (Å²) in [5, 5.41) is 8.21. The van der Waals surface area contributed by atoms with Gasteiger partial charge in [0.05, 0.1) is 19.2 Å². The van der Waals surface area contributed by atoms with Crippen LogP contribution in [-0.4, -0.2) is 66.4 Å². The second-order valence-corrected chi connectivity index (χ2v) is 6.35. The molecule has 1 saturated heterocycles. The fourth-order valence-electron chi connectivity index (χ4n) is 2.81. The summed E-state index contributed by atoms with van der Waals surface area (Å²) in [6.45, 7) is 1.22. The molecule has 0 N–H and O–H groups in total. The predicted molar refractivity (Wildman–Crippen MR) is 96.7 cm³/mol. The highest BCUT2D eigenvalue weighted by Gasteiger charge is 2.26. The van der Waals surface area contributed by atoms with Crippen LogP contribution in [0.25, 0.3) is 0 Å². The zero-order valence-corrected chi connectivity index (χ0v) is 15.3. The van der Waals surface area contributed by atoms with Crippen molar-refractivity contribution < 1.29 is 14.3 Å². The largest absolute Gasteiger partial charge is 0.481 e. The third-order valence-corrected chi connectivity index (χ3v) is 4.23. The summed E-state index contributed by atoms with van der Waals surface area (Å²) in [7, 11) is 5.36. The zero-order valence-electron chi connectivity index (χ0n) is 15.3. The lowest BCUT2D eigenvalue weighted by molar-refractivity contribution is 0.0525. The van der Waals surface area contributed by atoms with Crippen LogP contribution in [0.3, 0.4) is 0 Å². The molecule has 0 aliphatic carbocycles. The summed E-state index contributed by atoms with van der Waals surface area (Å²) in [6.07, 6.45) is 3.19. The molecule has 0 spiro atoms. The van der Waals surface area contributed by atoms with Crippen LogP contribution in [0.4, 0.5) is 5.82 Å². The molecule has 138 valence electrons. The van der Waals surface area contributed by atoms with Crippen LogP contribution in [0.5, 0.6) is 11.8 Å². The summed E-state index contributed by atoms with van der Waals surface area (Å²) in [5.41, 5.74) is 0.543. The molecule has 1 aliphatic rings. The number of aromatic nitrogens is 3. The first-order chi connectivity index (χ1) is 12.6. The predicted octanol–water partition coefficient (Wildman–Crippen LogP) is 1.63. The molecule has 1 amide bonds. The van der Waals surface area contributed by atoms with E-state index >= 15 is 0 Å². The number of methoxy groups -OCH3 is 1. The van der Waals surface area contributed by atoms with Crippen LogP contribution >= 0.6 is 0 Å². The second-order valence-electron chi connectivity index (χ2n) is 6.35. The molecule has 0 saturated carbocycles. The van der Waals surface area contributed by atoms with E-state index in [1.807, 2.05) is 25.1 Å². The maximum Gasteiger partial charge on any atom is 0.255 e. The van der Waals surface area contributed by atoms with Gasteiger partial charge in [-0.3, -0.25) is 4.79 Å². The van der Waals surface area contributed by atoms with E-state index < -0.39 is 0 Å². The van der Waals surface area contributed by atoms with Crippen LogP contribution in [0, 0.1) is 0 Å². The molecule has 8 nitrogen and oxygen atoms in total. The molecule has 8 heteroatoms. The topological polar surface area (TPSA) is 80.7 Å². The van der Waals surface area contributed by atoms with Crippen molar-refractivity contribution in [3.63, 3.8) is 0 Å². The lowest BCUT2D eigenvalue weighted by Crippen LogP contribution is -2.44. The lowest BCUT2D eigenvalue weighted by atomic mass is 10.1. The third-order valence-electron chi connectivity index (χ3n) is 4.23. The Morgan fingerprint density at radius 3 is 2.62 bits per heavy atom. The Bertz CT molecular complexity index is 733. The normalized spacial score (nSPS) is 16.9. The number of pyridine rings is 1. The van der Waals surface area contributed by atoms with E-state index in [9.17, 15) is 4.79 Å². The summed E-state index contributed by atoms with van der Waals surface area (Å²) in [4.78, 5) is 20.4. The maximum atomic E-state index is 12.7. The van der Waals surface area contributed by atoms with E-state index in [-0.39, 0.29) is 12.0 Å². The smallest absolute Gasteiger partial charge is 0.255 e. The van der Waals surface area contributed by atoms with Gasteiger partial charge in [0.2, 0.25) is 11.8 Å². The van der Waals surface area contributed by atoms with Crippen LogP contribution in [-0.2, 0) is 0 Å². The molecule has 26 heavy (non-hydrogen) atoms. The van der Waals surface area contributed by atoms with Gasteiger partial charge < -0.3 is 19.3 Å². The monoisotopic (exact) mass is 357 g/mol. The van der Waals surface area contributed by atoms with Crippen molar-refractivity contribution in [3.05, 3.63) is 36.0 Å². The van der Waals surface area contributed by atoms with E-state index in [4.69, 9.17) is 9.47 Å². The maximum absolute atomic E-state index is 12.7. The minimum atomic E-state index is -0.0987. The number of hydrogen-bond donors (Lipinski definition) is 0. The number of anilines is 1. The summed E-state index contributed by atoms with van der Waals surface area (Å²) in [5.74, 6) is 1.68. The number of ether oxygens (including phenoxy) is 2. The van der Waals surface area contributed by atoms with Crippen LogP contribution < -0.4 is 14.4 Å². The van der Waals surface area contributed by atoms with Crippen molar-refractivity contribution in [2.45, 2.75) is 18.9 Å². The Morgan fingerprint density at radius 2 is 2.00 bits per heavy atom. The molecule has 1 unspecified atom stereocenters. The van der Waals surface area contributed by atoms with Gasteiger partial charge in [-0.25, -0.2) is 4.98 Å². The molecule has 1 atom stereocenters. The van der Waals surface area contributed by atoms with Gasteiger partial charge in [-0.15, -0.1) is 10.2 Å². The quantitative estimate of drug-likeness (QED) is 0.804. The Labute approximate surface area is 152 Å². The fourth-order valence-corrected chi connectivity index (χ4v) is 2.81. The standard InChI is InChI=1S/C18H23N5O3/c1-22(2)15-7-9-17(21-20-15)26-14-5-4-10-23(12-14)18(24)13-6-8-16(25-3)19-11-13/h6-9,11,14H,4-5,10,12H2,1-3H3. The van der Waals surface area contributed by atoms with Crippen molar-refractivity contribution in [3.8, 4) is 11.8 Å².